The van der Waals surface area contributed by atoms with Gasteiger partial charge in [-0.3, -0.25) is 4.98 Å². The van der Waals surface area contributed by atoms with E-state index in [0.717, 1.165) is 22.4 Å². The van der Waals surface area contributed by atoms with Gasteiger partial charge in [0.25, 0.3) is 0 Å². The van der Waals surface area contributed by atoms with Crippen LogP contribution in [-0.2, 0) is 0 Å². The number of hydrogen-bond donors (Lipinski definition) is 0. The van der Waals surface area contributed by atoms with E-state index in [1.54, 1.807) is 18.3 Å². The van der Waals surface area contributed by atoms with Gasteiger partial charge in [-0.2, -0.15) is 0 Å². The third kappa shape index (κ3) is 3.42. The van der Waals surface area contributed by atoms with E-state index in [2.05, 4.69) is 36.3 Å². The van der Waals surface area contributed by atoms with E-state index >= 15 is 0 Å². The highest BCUT2D eigenvalue weighted by Gasteiger charge is 2.02. The Labute approximate surface area is 120 Å². The van der Waals surface area contributed by atoms with Crippen molar-refractivity contribution in [1.82, 2.24) is 4.98 Å². The van der Waals surface area contributed by atoms with Crippen LogP contribution in [0.15, 0.2) is 92.2 Å². The van der Waals surface area contributed by atoms with Crippen molar-refractivity contribution in [2.75, 3.05) is 0 Å². The van der Waals surface area contributed by atoms with Crippen molar-refractivity contribution in [2.45, 2.75) is 0 Å². The molecule has 0 saturated heterocycles. The van der Waals surface area contributed by atoms with Crippen molar-refractivity contribution in [1.29, 1.82) is 0 Å². The third-order valence-corrected chi connectivity index (χ3v) is 2.87. The van der Waals surface area contributed by atoms with Crippen LogP contribution in [0.1, 0.15) is 5.56 Å². The highest BCUT2D eigenvalue weighted by molar-refractivity contribution is 5.78. The molecule has 2 aromatic rings. The molecule has 0 spiro atoms. The third-order valence-electron chi connectivity index (χ3n) is 2.87. The molecule has 1 heterocycles. The molecular formula is C19H17N. The maximum Gasteiger partial charge on any atom is 0.0702 e. The van der Waals surface area contributed by atoms with Gasteiger partial charge in [0.2, 0.25) is 0 Å². The Hall–Kier alpha value is -2.67. The normalized spacial score (nSPS) is 11.5. The Balaban J connectivity index is 2.43. The lowest BCUT2D eigenvalue weighted by Crippen LogP contribution is -1.85. The van der Waals surface area contributed by atoms with E-state index in [-0.39, 0.29) is 0 Å². The minimum Gasteiger partial charge on any atom is -0.256 e. The largest absolute Gasteiger partial charge is 0.256 e. The molecule has 1 nitrogen and oxygen atoms in total. The van der Waals surface area contributed by atoms with Crippen molar-refractivity contribution in [2.24, 2.45) is 0 Å². The summed E-state index contributed by atoms with van der Waals surface area (Å²) in [5, 5.41) is 0. The summed E-state index contributed by atoms with van der Waals surface area (Å²) in [4.78, 5) is 4.38. The average Bonchev–Trinajstić information content (AvgIpc) is 2.52. The predicted molar refractivity (Wildman–Crippen MR) is 87.2 cm³/mol. The van der Waals surface area contributed by atoms with Gasteiger partial charge in [-0.1, -0.05) is 67.8 Å². The van der Waals surface area contributed by atoms with Crippen LogP contribution in [0.2, 0.25) is 0 Å². The second kappa shape index (κ2) is 7.05. The lowest BCUT2D eigenvalue weighted by molar-refractivity contribution is 1.32. The zero-order chi connectivity index (χ0) is 14.2. The summed E-state index contributed by atoms with van der Waals surface area (Å²) in [6.07, 6.45) is 11.3. The number of nitrogens with zero attached hydrogens (tertiary/aromatic N) is 1. The summed E-state index contributed by atoms with van der Waals surface area (Å²) in [5.41, 5.74) is 4.30. The Morgan fingerprint density at radius 2 is 1.90 bits per heavy atom. The Kier molecular flexibility index (Phi) is 4.85. The SMILES string of the molecule is C=C/C=C\C(=C/C=C)c1cccc(-c2ccccn2)c1. The molecule has 0 saturated carbocycles. The van der Waals surface area contributed by atoms with Crippen LogP contribution in [0.3, 0.4) is 0 Å². The number of rotatable bonds is 5. The van der Waals surface area contributed by atoms with Crippen molar-refractivity contribution < 1.29 is 0 Å². The first-order valence-electron chi connectivity index (χ1n) is 6.49. The summed E-state index contributed by atoms with van der Waals surface area (Å²) in [6, 6.07) is 14.2. The Morgan fingerprint density at radius 1 is 1.00 bits per heavy atom. The molecule has 0 N–H and O–H groups in total. The molecule has 0 atom stereocenters. The topological polar surface area (TPSA) is 12.9 Å². The first-order valence-corrected chi connectivity index (χ1v) is 6.49. The Bertz CT molecular complexity index is 648. The van der Waals surface area contributed by atoms with Gasteiger partial charge in [-0.25, -0.2) is 0 Å². The fraction of sp³-hybridized carbons (Fsp3) is 0. The fourth-order valence-electron chi connectivity index (χ4n) is 1.94. The molecule has 2 rings (SSSR count). The van der Waals surface area contributed by atoms with Crippen molar-refractivity contribution in [3.63, 3.8) is 0 Å². The van der Waals surface area contributed by atoms with Gasteiger partial charge < -0.3 is 0 Å². The maximum absolute atomic E-state index is 4.38. The number of allylic oxidation sites excluding steroid dienone is 6. The molecule has 0 radical (unpaired) electrons. The predicted octanol–water partition coefficient (Wildman–Crippen LogP) is 5.06. The molecule has 1 aromatic carbocycles. The van der Waals surface area contributed by atoms with Gasteiger partial charge in [0.1, 0.15) is 0 Å². The lowest BCUT2D eigenvalue weighted by Gasteiger charge is -2.06. The molecule has 0 unspecified atom stereocenters. The highest BCUT2D eigenvalue weighted by atomic mass is 14.7. The number of pyridine rings is 1. The summed E-state index contributed by atoms with van der Waals surface area (Å²) in [6.45, 7) is 7.47. The van der Waals surface area contributed by atoms with Crippen LogP contribution in [-0.4, -0.2) is 4.98 Å². The van der Waals surface area contributed by atoms with Crippen molar-refractivity contribution in [3.05, 3.63) is 97.8 Å². The molecule has 0 aliphatic heterocycles. The van der Waals surface area contributed by atoms with E-state index in [9.17, 15) is 0 Å². The summed E-state index contributed by atoms with van der Waals surface area (Å²) in [7, 11) is 0. The standard InChI is InChI=1S/C19H17N/c1-3-5-10-16(9-4-2)17-11-8-12-18(15-17)19-13-6-7-14-20-19/h3-15H,1-2H2/b10-5-,16-9+. The highest BCUT2D eigenvalue weighted by Crippen LogP contribution is 2.23. The number of hydrogen-bond acceptors (Lipinski definition) is 1. The molecule has 0 aliphatic carbocycles. The summed E-state index contributed by atoms with van der Waals surface area (Å²) in [5.74, 6) is 0. The average molecular weight is 259 g/mol. The van der Waals surface area contributed by atoms with E-state index in [4.69, 9.17) is 0 Å². The second-order valence-corrected chi connectivity index (χ2v) is 4.25. The van der Waals surface area contributed by atoms with Crippen LogP contribution in [0, 0.1) is 0 Å². The van der Waals surface area contributed by atoms with Crippen LogP contribution < -0.4 is 0 Å². The van der Waals surface area contributed by atoms with Gasteiger partial charge >= 0.3 is 0 Å². The molecule has 0 aliphatic rings. The minimum atomic E-state index is 0.972. The fourth-order valence-corrected chi connectivity index (χ4v) is 1.94. The summed E-state index contributed by atoms with van der Waals surface area (Å²) < 4.78 is 0. The first kappa shape index (κ1) is 13.8. The Morgan fingerprint density at radius 3 is 2.60 bits per heavy atom. The molecular weight excluding hydrogens is 242 g/mol. The number of benzene rings is 1. The lowest BCUT2D eigenvalue weighted by atomic mass is 10.0. The van der Waals surface area contributed by atoms with Gasteiger partial charge in [0.05, 0.1) is 5.69 Å². The van der Waals surface area contributed by atoms with Crippen molar-refractivity contribution >= 4 is 5.57 Å². The first-order chi connectivity index (χ1) is 9.85. The van der Waals surface area contributed by atoms with E-state index < -0.39 is 0 Å². The van der Waals surface area contributed by atoms with Crippen LogP contribution in [0.5, 0.6) is 0 Å². The van der Waals surface area contributed by atoms with Gasteiger partial charge in [-0.15, -0.1) is 0 Å². The van der Waals surface area contributed by atoms with Gasteiger partial charge in [0, 0.05) is 11.8 Å². The van der Waals surface area contributed by atoms with E-state index in [1.165, 1.54) is 0 Å². The second-order valence-electron chi connectivity index (χ2n) is 4.25. The number of aromatic nitrogens is 1. The molecule has 0 bridgehead atoms. The van der Waals surface area contributed by atoms with Gasteiger partial charge in [0.15, 0.2) is 0 Å². The van der Waals surface area contributed by atoms with E-state index in [0.29, 0.717) is 0 Å². The molecule has 0 amide bonds. The molecule has 20 heavy (non-hydrogen) atoms. The molecule has 1 heteroatoms. The van der Waals surface area contributed by atoms with Crippen LogP contribution in [0.4, 0.5) is 0 Å². The van der Waals surface area contributed by atoms with Crippen LogP contribution >= 0.6 is 0 Å². The zero-order valence-corrected chi connectivity index (χ0v) is 11.4. The minimum absolute atomic E-state index is 0.972. The van der Waals surface area contributed by atoms with Crippen LogP contribution in [0.25, 0.3) is 16.8 Å². The molecule has 98 valence electrons. The van der Waals surface area contributed by atoms with Gasteiger partial charge in [-0.05, 0) is 29.3 Å². The maximum atomic E-state index is 4.38. The quantitative estimate of drug-likeness (QED) is 0.684. The molecule has 1 aromatic heterocycles. The van der Waals surface area contributed by atoms with E-state index in [1.807, 2.05) is 42.5 Å². The zero-order valence-electron chi connectivity index (χ0n) is 11.4. The van der Waals surface area contributed by atoms with Crippen molar-refractivity contribution in [3.8, 4) is 11.3 Å². The summed E-state index contributed by atoms with van der Waals surface area (Å²) >= 11 is 0. The molecule has 0 fully saturated rings. The monoisotopic (exact) mass is 259 g/mol. The smallest absolute Gasteiger partial charge is 0.0702 e.